The third-order valence-corrected chi connectivity index (χ3v) is 5.35. The predicted octanol–water partition coefficient (Wildman–Crippen LogP) is 1.35. The number of piperazine rings is 1. The van der Waals surface area contributed by atoms with Gasteiger partial charge in [-0.05, 0) is 43.7 Å². The molecule has 1 aromatic rings. The van der Waals surface area contributed by atoms with Crippen molar-refractivity contribution in [1.29, 1.82) is 0 Å². The van der Waals surface area contributed by atoms with Gasteiger partial charge in [0.25, 0.3) is 0 Å². The topological polar surface area (TPSA) is 58.3 Å². The van der Waals surface area contributed by atoms with E-state index in [0.29, 0.717) is 11.9 Å². The molecular weight excluding hydrogens is 286 g/mol. The first kappa shape index (κ1) is 13.7. The molecule has 1 saturated heterocycles. The number of anilines is 1. The van der Waals surface area contributed by atoms with E-state index in [9.17, 15) is 0 Å². The van der Waals surface area contributed by atoms with E-state index in [-0.39, 0.29) is 5.28 Å². The van der Waals surface area contributed by atoms with Gasteiger partial charge in [-0.1, -0.05) is 0 Å². The zero-order valence-electron chi connectivity index (χ0n) is 12.3. The number of nitrogens with two attached hydrogens (primary N) is 1. The molecule has 0 radical (unpaired) electrons. The number of aryl methyl sites for hydroxylation is 1. The Bertz CT molecular complexity index is 537. The molecule has 2 N–H and O–H groups in total. The van der Waals surface area contributed by atoms with E-state index in [1.807, 2.05) is 0 Å². The van der Waals surface area contributed by atoms with Gasteiger partial charge in [-0.15, -0.1) is 0 Å². The molecule has 21 heavy (non-hydrogen) atoms. The average Bonchev–Trinajstić information content (AvgIpc) is 3.32. The van der Waals surface area contributed by atoms with E-state index in [2.05, 4.69) is 19.8 Å². The second-order valence-corrected chi connectivity index (χ2v) is 6.84. The summed E-state index contributed by atoms with van der Waals surface area (Å²) in [4.78, 5) is 13.8. The van der Waals surface area contributed by atoms with Crippen LogP contribution in [0, 0.1) is 0 Å². The SMILES string of the molecule is Nc1nc(Cl)nc2c1CC(N1CCN(C3CC3)CC1)CC2. The van der Waals surface area contributed by atoms with E-state index in [1.165, 1.54) is 39.0 Å². The van der Waals surface area contributed by atoms with Crippen molar-refractivity contribution < 1.29 is 0 Å². The maximum Gasteiger partial charge on any atom is 0.224 e. The molecule has 5 nitrogen and oxygen atoms in total. The van der Waals surface area contributed by atoms with Gasteiger partial charge in [0.2, 0.25) is 5.28 Å². The van der Waals surface area contributed by atoms with Crippen molar-refractivity contribution in [3.8, 4) is 0 Å². The lowest BCUT2D eigenvalue weighted by Gasteiger charge is -2.41. The zero-order chi connectivity index (χ0) is 14.4. The highest BCUT2D eigenvalue weighted by molar-refractivity contribution is 6.28. The quantitative estimate of drug-likeness (QED) is 0.836. The summed E-state index contributed by atoms with van der Waals surface area (Å²) < 4.78 is 0. The lowest BCUT2D eigenvalue weighted by Crippen LogP contribution is -2.52. The molecule has 6 heteroatoms. The van der Waals surface area contributed by atoms with E-state index in [0.717, 1.165) is 36.6 Å². The molecule has 0 aromatic carbocycles. The summed E-state index contributed by atoms with van der Waals surface area (Å²) in [5.74, 6) is 0.575. The molecule has 1 atom stereocenters. The minimum Gasteiger partial charge on any atom is -0.383 e. The number of hydrogen-bond donors (Lipinski definition) is 1. The van der Waals surface area contributed by atoms with Gasteiger partial charge in [0, 0.05) is 43.8 Å². The Kier molecular flexibility index (Phi) is 3.52. The number of rotatable bonds is 2. The molecule has 4 rings (SSSR count). The Hall–Kier alpha value is -0.910. The van der Waals surface area contributed by atoms with Crippen LogP contribution in [-0.2, 0) is 12.8 Å². The molecule has 1 saturated carbocycles. The monoisotopic (exact) mass is 307 g/mol. The van der Waals surface area contributed by atoms with Gasteiger partial charge in [0.15, 0.2) is 0 Å². The van der Waals surface area contributed by atoms with E-state index < -0.39 is 0 Å². The van der Waals surface area contributed by atoms with Gasteiger partial charge in [-0.2, -0.15) is 0 Å². The van der Waals surface area contributed by atoms with Crippen molar-refractivity contribution in [2.24, 2.45) is 0 Å². The van der Waals surface area contributed by atoms with Crippen LogP contribution in [0.2, 0.25) is 5.28 Å². The summed E-state index contributed by atoms with van der Waals surface area (Å²) in [6.07, 6.45) is 5.91. The number of halogens is 1. The van der Waals surface area contributed by atoms with Crippen molar-refractivity contribution in [1.82, 2.24) is 19.8 Å². The predicted molar refractivity (Wildman–Crippen MR) is 83.4 cm³/mol. The second-order valence-electron chi connectivity index (χ2n) is 6.50. The first-order valence-corrected chi connectivity index (χ1v) is 8.37. The van der Waals surface area contributed by atoms with Gasteiger partial charge >= 0.3 is 0 Å². The minimum atomic E-state index is 0.280. The van der Waals surface area contributed by atoms with E-state index in [1.54, 1.807) is 0 Å². The minimum absolute atomic E-state index is 0.280. The van der Waals surface area contributed by atoms with Crippen molar-refractivity contribution in [2.45, 2.75) is 44.2 Å². The van der Waals surface area contributed by atoms with Crippen LogP contribution in [0.4, 0.5) is 5.82 Å². The normalized spacial score (nSPS) is 27.6. The van der Waals surface area contributed by atoms with Crippen LogP contribution in [-0.4, -0.2) is 58.0 Å². The molecular formula is C15H22ClN5. The molecule has 2 aliphatic carbocycles. The van der Waals surface area contributed by atoms with E-state index >= 15 is 0 Å². The van der Waals surface area contributed by atoms with Crippen LogP contribution in [0.3, 0.4) is 0 Å². The van der Waals surface area contributed by atoms with E-state index in [4.69, 9.17) is 17.3 Å². The number of fused-ring (bicyclic) bond motifs is 1. The molecule has 1 aliphatic heterocycles. The lowest BCUT2D eigenvalue weighted by molar-refractivity contribution is 0.0851. The van der Waals surface area contributed by atoms with Gasteiger partial charge in [-0.3, -0.25) is 9.80 Å². The standard InChI is InChI=1S/C15H22ClN5/c16-15-18-13-4-3-11(9-12(13)14(17)19-15)21-7-5-20(6-8-21)10-1-2-10/h10-11H,1-9H2,(H2,17,18,19). The van der Waals surface area contributed by atoms with Crippen LogP contribution < -0.4 is 5.73 Å². The summed E-state index contributed by atoms with van der Waals surface area (Å²) >= 11 is 5.90. The Balaban J connectivity index is 1.43. The largest absolute Gasteiger partial charge is 0.383 e. The molecule has 3 aliphatic rings. The first-order chi connectivity index (χ1) is 10.2. The Morgan fingerprint density at radius 2 is 1.62 bits per heavy atom. The van der Waals surface area contributed by atoms with Gasteiger partial charge in [0.1, 0.15) is 5.82 Å². The number of nitrogen functional groups attached to an aromatic ring is 1. The highest BCUT2D eigenvalue weighted by Crippen LogP contribution is 2.30. The van der Waals surface area contributed by atoms with Gasteiger partial charge < -0.3 is 5.73 Å². The second kappa shape index (κ2) is 5.38. The molecule has 1 unspecified atom stereocenters. The average molecular weight is 308 g/mol. The highest BCUT2D eigenvalue weighted by Gasteiger charge is 2.34. The van der Waals surface area contributed by atoms with Crippen LogP contribution in [0.25, 0.3) is 0 Å². The Morgan fingerprint density at radius 3 is 2.29 bits per heavy atom. The molecule has 114 valence electrons. The number of hydrogen-bond acceptors (Lipinski definition) is 5. The molecule has 1 aromatic heterocycles. The number of aromatic nitrogens is 2. The number of nitrogens with zero attached hydrogens (tertiary/aromatic N) is 4. The van der Waals surface area contributed by atoms with Crippen molar-refractivity contribution in [3.05, 3.63) is 16.5 Å². The van der Waals surface area contributed by atoms with Crippen LogP contribution >= 0.6 is 11.6 Å². The summed E-state index contributed by atoms with van der Waals surface area (Å²) in [6, 6.07) is 1.48. The highest BCUT2D eigenvalue weighted by atomic mass is 35.5. The summed E-state index contributed by atoms with van der Waals surface area (Å²) in [6.45, 7) is 4.82. The Morgan fingerprint density at radius 1 is 0.952 bits per heavy atom. The smallest absolute Gasteiger partial charge is 0.224 e. The lowest BCUT2D eigenvalue weighted by atomic mass is 9.90. The summed E-state index contributed by atoms with van der Waals surface area (Å²) in [5.41, 5.74) is 8.22. The van der Waals surface area contributed by atoms with Crippen LogP contribution in [0.15, 0.2) is 0 Å². The fourth-order valence-corrected chi connectivity index (χ4v) is 4.00. The first-order valence-electron chi connectivity index (χ1n) is 7.99. The molecule has 0 spiro atoms. The molecule has 2 fully saturated rings. The van der Waals surface area contributed by atoms with Crippen molar-refractivity contribution in [3.63, 3.8) is 0 Å². The molecule has 2 heterocycles. The third kappa shape index (κ3) is 2.74. The maximum atomic E-state index is 6.04. The Labute approximate surface area is 130 Å². The zero-order valence-corrected chi connectivity index (χ0v) is 13.0. The fourth-order valence-electron chi connectivity index (χ4n) is 3.81. The van der Waals surface area contributed by atoms with Crippen molar-refractivity contribution in [2.75, 3.05) is 31.9 Å². The summed E-state index contributed by atoms with van der Waals surface area (Å²) in [7, 11) is 0. The van der Waals surface area contributed by atoms with Gasteiger partial charge in [0.05, 0.1) is 5.69 Å². The van der Waals surface area contributed by atoms with Crippen molar-refractivity contribution >= 4 is 17.4 Å². The molecule has 0 amide bonds. The molecule has 0 bridgehead atoms. The summed E-state index contributed by atoms with van der Waals surface area (Å²) in [5, 5.41) is 0.280. The fraction of sp³-hybridized carbons (Fsp3) is 0.733. The third-order valence-electron chi connectivity index (χ3n) is 5.18. The van der Waals surface area contributed by atoms with Crippen LogP contribution in [0.5, 0.6) is 0 Å². The van der Waals surface area contributed by atoms with Crippen LogP contribution in [0.1, 0.15) is 30.5 Å². The van der Waals surface area contributed by atoms with Gasteiger partial charge in [-0.25, -0.2) is 9.97 Å². The maximum absolute atomic E-state index is 6.04.